The number of rotatable bonds is 1. The monoisotopic (exact) mass is 190 g/mol. The standard InChI is InChI=1S/C10H14N4/c1-10(2,3)14(4)9-5-8(6-11)12-7-13-9/h5,7H,1-4H3. The van der Waals surface area contributed by atoms with Crippen LogP contribution in [0, 0.1) is 11.3 Å². The van der Waals surface area contributed by atoms with Crippen LogP contribution in [-0.2, 0) is 0 Å². The van der Waals surface area contributed by atoms with Crippen molar-refractivity contribution in [3.63, 3.8) is 0 Å². The predicted octanol–water partition coefficient (Wildman–Crippen LogP) is 1.58. The fraction of sp³-hybridized carbons (Fsp3) is 0.500. The molecule has 4 nitrogen and oxygen atoms in total. The zero-order valence-corrected chi connectivity index (χ0v) is 8.94. The van der Waals surface area contributed by atoms with E-state index in [0.717, 1.165) is 5.82 Å². The van der Waals surface area contributed by atoms with Gasteiger partial charge in [-0.25, -0.2) is 9.97 Å². The van der Waals surface area contributed by atoms with Gasteiger partial charge in [0.1, 0.15) is 23.9 Å². The number of nitrogens with zero attached hydrogens (tertiary/aromatic N) is 4. The molecule has 4 heteroatoms. The van der Waals surface area contributed by atoms with Gasteiger partial charge in [0.05, 0.1) is 0 Å². The normalized spacial score (nSPS) is 10.8. The predicted molar refractivity (Wildman–Crippen MR) is 54.9 cm³/mol. The molecule has 1 heterocycles. The highest BCUT2D eigenvalue weighted by atomic mass is 15.2. The van der Waals surface area contributed by atoms with Crippen LogP contribution in [0.25, 0.3) is 0 Å². The lowest BCUT2D eigenvalue weighted by Gasteiger charge is -2.32. The first-order valence-corrected chi connectivity index (χ1v) is 4.41. The van der Waals surface area contributed by atoms with E-state index < -0.39 is 0 Å². The molecule has 0 spiro atoms. The number of aromatic nitrogens is 2. The van der Waals surface area contributed by atoms with E-state index in [1.165, 1.54) is 6.33 Å². The van der Waals surface area contributed by atoms with Gasteiger partial charge in [-0.15, -0.1) is 0 Å². The topological polar surface area (TPSA) is 52.8 Å². The van der Waals surface area contributed by atoms with Crippen LogP contribution in [0.2, 0.25) is 0 Å². The molecule has 0 atom stereocenters. The Balaban J connectivity index is 3.03. The van der Waals surface area contributed by atoms with Gasteiger partial charge in [0.2, 0.25) is 0 Å². The molecule has 1 rings (SSSR count). The third-order valence-electron chi connectivity index (χ3n) is 2.12. The van der Waals surface area contributed by atoms with Gasteiger partial charge in [-0.05, 0) is 20.8 Å². The summed E-state index contributed by atoms with van der Waals surface area (Å²) in [5, 5.41) is 8.69. The fourth-order valence-corrected chi connectivity index (χ4v) is 0.935. The molecule has 0 saturated carbocycles. The number of anilines is 1. The first-order chi connectivity index (χ1) is 6.45. The Morgan fingerprint density at radius 2 is 2.00 bits per heavy atom. The van der Waals surface area contributed by atoms with Crippen LogP contribution < -0.4 is 4.90 Å². The van der Waals surface area contributed by atoms with Crippen molar-refractivity contribution in [3.05, 3.63) is 18.1 Å². The Morgan fingerprint density at radius 3 is 2.50 bits per heavy atom. The molecule has 0 bridgehead atoms. The van der Waals surface area contributed by atoms with Crippen molar-refractivity contribution in [2.75, 3.05) is 11.9 Å². The van der Waals surface area contributed by atoms with Crippen LogP contribution in [0.3, 0.4) is 0 Å². The van der Waals surface area contributed by atoms with E-state index >= 15 is 0 Å². The van der Waals surface area contributed by atoms with Crippen molar-refractivity contribution < 1.29 is 0 Å². The maximum absolute atomic E-state index is 8.69. The number of nitriles is 1. The quantitative estimate of drug-likeness (QED) is 0.674. The lowest BCUT2D eigenvalue weighted by atomic mass is 10.1. The molecule has 0 fully saturated rings. The highest BCUT2D eigenvalue weighted by Crippen LogP contribution is 2.18. The largest absolute Gasteiger partial charge is 0.355 e. The molecular formula is C10H14N4. The third-order valence-corrected chi connectivity index (χ3v) is 2.12. The minimum absolute atomic E-state index is 0.0128. The van der Waals surface area contributed by atoms with Crippen LogP contribution in [-0.4, -0.2) is 22.6 Å². The summed E-state index contributed by atoms with van der Waals surface area (Å²) in [7, 11) is 1.95. The van der Waals surface area contributed by atoms with E-state index in [-0.39, 0.29) is 5.54 Å². The van der Waals surface area contributed by atoms with Crippen LogP contribution in [0.4, 0.5) is 5.82 Å². The van der Waals surface area contributed by atoms with E-state index in [1.807, 2.05) is 18.0 Å². The highest BCUT2D eigenvalue weighted by molar-refractivity contribution is 5.43. The lowest BCUT2D eigenvalue weighted by molar-refractivity contribution is 0.533. The number of hydrogen-bond acceptors (Lipinski definition) is 4. The molecule has 0 aliphatic heterocycles. The first kappa shape index (κ1) is 10.5. The molecule has 74 valence electrons. The average molecular weight is 190 g/mol. The van der Waals surface area contributed by atoms with Gasteiger partial charge < -0.3 is 4.90 Å². The lowest BCUT2D eigenvalue weighted by Crippen LogP contribution is -2.38. The van der Waals surface area contributed by atoms with Gasteiger partial charge in [-0.1, -0.05) is 0 Å². The van der Waals surface area contributed by atoms with E-state index in [0.29, 0.717) is 5.69 Å². The molecule has 0 amide bonds. The first-order valence-electron chi connectivity index (χ1n) is 4.41. The molecule has 0 radical (unpaired) electrons. The Labute approximate surface area is 84.2 Å². The van der Waals surface area contributed by atoms with Crippen molar-refractivity contribution in [1.29, 1.82) is 5.26 Å². The summed E-state index contributed by atoms with van der Waals surface area (Å²) in [5.74, 6) is 0.768. The second-order valence-corrected chi connectivity index (χ2v) is 4.10. The minimum Gasteiger partial charge on any atom is -0.355 e. The maximum atomic E-state index is 8.69. The molecule has 0 aliphatic carbocycles. The van der Waals surface area contributed by atoms with Gasteiger partial charge >= 0.3 is 0 Å². The highest BCUT2D eigenvalue weighted by Gasteiger charge is 2.18. The van der Waals surface area contributed by atoms with Crippen molar-refractivity contribution in [3.8, 4) is 6.07 Å². The summed E-state index contributed by atoms with van der Waals surface area (Å²) in [6.07, 6.45) is 1.41. The zero-order chi connectivity index (χ0) is 10.8. The molecule has 0 N–H and O–H groups in total. The molecule has 0 saturated heterocycles. The molecule has 0 unspecified atom stereocenters. The van der Waals surface area contributed by atoms with E-state index in [4.69, 9.17) is 5.26 Å². The Hall–Kier alpha value is -1.63. The second-order valence-electron chi connectivity index (χ2n) is 4.10. The van der Waals surface area contributed by atoms with E-state index in [9.17, 15) is 0 Å². The summed E-state index contributed by atoms with van der Waals surface area (Å²) in [6, 6.07) is 3.68. The molecule has 0 aromatic carbocycles. The summed E-state index contributed by atoms with van der Waals surface area (Å²) >= 11 is 0. The van der Waals surface area contributed by atoms with E-state index in [2.05, 4.69) is 30.7 Å². The molecule has 0 aliphatic rings. The van der Waals surface area contributed by atoms with Crippen molar-refractivity contribution in [1.82, 2.24) is 9.97 Å². The van der Waals surface area contributed by atoms with Gasteiger partial charge in [-0.3, -0.25) is 0 Å². The van der Waals surface area contributed by atoms with Crippen LogP contribution >= 0.6 is 0 Å². The van der Waals surface area contributed by atoms with Crippen molar-refractivity contribution in [2.45, 2.75) is 26.3 Å². The van der Waals surface area contributed by atoms with E-state index in [1.54, 1.807) is 6.07 Å². The van der Waals surface area contributed by atoms with Crippen LogP contribution in [0.15, 0.2) is 12.4 Å². The summed E-state index contributed by atoms with van der Waals surface area (Å²) in [6.45, 7) is 6.25. The maximum Gasteiger partial charge on any atom is 0.145 e. The van der Waals surface area contributed by atoms with Crippen molar-refractivity contribution in [2.24, 2.45) is 0 Å². The fourth-order valence-electron chi connectivity index (χ4n) is 0.935. The smallest absolute Gasteiger partial charge is 0.145 e. The Kier molecular flexibility index (Phi) is 2.70. The van der Waals surface area contributed by atoms with Gasteiger partial charge in [0, 0.05) is 18.7 Å². The van der Waals surface area contributed by atoms with Crippen molar-refractivity contribution >= 4 is 5.82 Å². The molecule has 1 aromatic heterocycles. The third kappa shape index (κ3) is 2.19. The van der Waals surface area contributed by atoms with Crippen LogP contribution in [0.1, 0.15) is 26.5 Å². The second kappa shape index (κ2) is 3.62. The van der Waals surface area contributed by atoms with Gasteiger partial charge in [0.15, 0.2) is 0 Å². The van der Waals surface area contributed by atoms with Gasteiger partial charge in [0.25, 0.3) is 0 Å². The zero-order valence-electron chi connectivity index (χ0n) is 8.94. The Morgan fingerprint density at radius 1 is 1.36 bits per heavy atom. The van der Waals surface area contributed by atoms with Crippen LogP contribution in [0.5, 0.6) is 0 Å². The summed E-state index contributed by atoms with van der Waals surface area (Å²) < 4.78 is 0. The minimum atomic E-state index is -0.0128. The summed E-state index contributed by atoms with van der Waals surface area (Å²) in [4.78, 5) is 9.95. The number of hydrogen-bond donors (Lipinski definition) is 0. The average Bonchev–Trinajstić information content (AvgIpc) is 2.15. The molecular weight excluding hydrogens is 176 g/mol. The molecule has 14 heavy (non-hydrogen) atoms. The SMILES string of the molecule is CN(c1cc(C#N)ncn1)C(C)(C)C. The van der Waals surface area contributed by atoms with Gasteiger partial charge in [-0.2, -0.15) is 5.26 Å². The summed E-state index contributed by atoms with van der Waals surface area (Å²) in [5.41, 5.74) is 0.382. The molecule has 1 aromatic rings. The Bertz CT molecular complexity index is 359.